The molecule has 2 heterocycles. The van der Waals surface area contributed by atoms with E-state index in [-0.39, 0.29) is 17.2 Å². The largest absolute Gasteiger partial charge is 0.340 e. The van der Waals surface area contributed by atoms with E-state index in [4.69, 9.17) is 0 Å². The molecule has 0 N–H and O–H groups in total. The van der Waals surface area contributed by atoms with Gasteiger partial charge in [-0.05, 0) is 31.6 Å². The Kier molecular flexibility index (Phi) is 6.06. The summed E-state index contributed by atoms with van der Waals surface area (Å²) >= 11 is 0. The van der Waals surface area contributed by atoms with Crippen LogP contribution in [0.1, 0.15) is 53.4 Å². The Balaban J connectivity index is 1.76. The zero-order valence-corrected chi connectivity index (χ0v) is 15.3. The fraction of sp³-hybridized carbons (Fsp3) is 0.889. The molecule has 2 fully saturated rings. The van der Waals surface area contributed by atoms with Gasteiger partial charge in [-0.15, -0.1) is 0 Å². The van der Waals surface area contributed by atoms with E-state index in [0.29, 0.717) is 19.0 Å². The molecule has 0 aliphatic carbocycles. The monoisotopic (exact) mass is 323 g/mol. The van der Waals surface area contributed by atoms with Gasteiger partial charge in [0.1, 0.15) is 0 Å². The van der Waals surface area contributed by atoms with Crippen LogP contribution in [0.4, 0.5) is 0 Å². The maximum atomic E-state index is 12.5. The Morgan fingerprint density at radius 1 is 0.957 bits per heavy atom. The van der Waals surface area contributed by atoms with Gasteiger partial charge < -0.3 is 9.80 Å². The molecule has 0 spiro atoms. The van der Waals surface area contributed by atoms with E-state index in [0.717, 1.165) is 45.6 Å². The maximum Gasteiger partial charge on any atom is 0.236 e. The van der Waals surface area contributed by atoms with E-state index in [1.54, 1.807) is 0 Å². The fourth-order valence-corrected chi connectivity index (χ4v) is 3.47. The standard InChI is InChI=1S/C18H33N3O2/c1-15-7-5-6-8-21(15)17(23)14-19-9-11-20(12-10-19)16(22)13-18(2,3)4/h15H,5-14H2,1-4H3. The Labute approximate surface area is 141 Å². The first-order valence-corrected chi connectivity index (χ1v) is 9.06. The Hall–Kier alpha value is -1.10. The predicted molar refractivity (Wildman–Crippen MR) is 92.1 cm³/mol. The molecular weight excluding hydrogens is 290 g/mol. The number of piperazine rings is 1. The minimum Gasteiger partial charge on any atom is -0.340 e. The lowest BCUT2D eigenvalue weighted by Gasteiger charge is -2.38. The first kappa shape index (κ1) is 18.2. The van der Waals surface area contributed by atoms with Crippen LogP contribution in [0.2, 0.25) is 0 Å². The van der Waals surface area contributed by atoms with Gasteiger partial charge in [0.2, 0.25) is 11.8 Å². The van der Waals surface area contributed by atoms with Crippen molar-refractivity contribution in [1.82, 2.24) is 14.7 Å². The lowest BCUT2D eigenvalue weighted by molar-refractivity contribution is -0.137. The summed E-state index contributed by atoms with van der Waals surface area (Å²) in [5.74, 6) is 0.500. The van der Waals surface area contributed by atoms with Crippen LogP contribution in [0.25, 0.3) is 0 Å². The third-order valence-electron chi connectivity index (χ3n) is 4.89. The molecule has 0 radical (unpaired) electrons. The molecule has 1 unspecified atom stereocenters. The number of hydrogen-bond donors (Lipinski definition) is 0. The molecule has 132 valence electrons. The predicted octanol–water partition coefficient (Wildman–Crippen LogP) is 1.97. The number of amides is 2. The minimum atomic E-state index is 0.0363. The summed E-state index contributed by atoms with van der Waals surface area (Å²) in [4.78, 5) is 30.9. The molecule has 2 saturated heterocycles. The summed E-state index contributed by atoms with van der Waals surface area (Å²) in [5, 5.41) is 0. The van der Waals surface area contributed by atoms with Gasteiger partial charge in [-0.2, -0.15) is 0 Å². The second kappa shape index (κ2) is 7.65. The number of rotatable bonds is 3. The van der Waals surface area contributed by atoms with Crippen LogP contribution in [-0.4, -0.2) is 71.8 Å². The first-order valence-electron chi connectivity index (χ1n) is 9.06. The van der Waals surface area contributed by atoms with E-state index in [9.17, 15) is 9.59 Å². The van der Waals surface area contributed by atoms with Gasteiger partial charge in [0.25, 0.3) is 0 Å². The number of carbonyl (C=O) groups is 2. The van der Waals surface area contributed by atoms with Gasteiger partial charge in [0, 0.05) is 45.2 Å². The highest BCUT2D eigenvalue weighted by molar-refractivity contribution is 5.79. The van der Waals surface area contributed by atoms with Crippen molar-refractivity contribution >= 4 is 11.8 Å². The van der Waals surface area contributed by atoms with Crippen molar-refractivity contribution in [3.8, 4) is 0 Å². The number of carbonyl (C=O) groups excluding carboxylic acids is 2. The van der Waals surface area contributed by atoms with Crippen LogP contribution >= 0.6 is 0 Å². The molecule has 23 heavy (non-hydrogen) atoms. The van der Waals surface area contributed by atoms with Crippen LogP contribution in [0.15, 0.2) is 0 Å². The van der Waals surface area contributed by atoms with Crippen LogP contribution in [0, 0.1) is 5.41 Å². The van der Waals surface area contributed by atoms with Crippen molar-refractivity contribution in [1.29, 1.82) is 0 Å². The third kappa shape index (κ3) is 5.48. The molecular formula is C18H33N3O2. The highest BCUT2D eigenvalue weighted by atomic mass is 16.2. The molecule has 5 nitrogen and oxygen atoms in total. The lowest BCUT2D eigenvalue weighted by atomic mass is 9.91. The molecule has 0 bridgehead atoms. The van der Waals surface area contributed by atoms with Gasteiger partial charge in [0.15, 0.2) is 0 Å². The van der Waals surface area contributed by atoms with Gasteiger partial charge in [-0.1, -0.05) is 20.8 Å². The van der Waals surface area contributed by atoms with Crippen molar-refractivity contribution in [2.75, 3.05) is 39.3 Å². The van der Waals surface area contributed by atoms with Gasteiger partial charge in [-0.25, -0.2) is 0 Å². The van der Waals surface area contributed by atoms with Crippen LogP contribution in [-0.2, 0) is 9.59 Å². The highest BCUT2D eigenvalue weighted by Gasteiger charge is 2.28. The van der Waals surface area contributed by atoms with E-state index < -0.39 is 0 Å². The molecule has 5 heteroatoms. The topological polar surface area (TPSA) is 43.9 Å². The van der Waals surface area contributed by atoms with Gasteiger partial charge in [-0.3, -0.25) is 14.5 Å². The summed E-state index contributed by atoms with van der Waals surface area (Å²) in [5.41, 5.74) is 0.0363. The average molecular weight is 323 g/mol. The Bertz CT molecular complexity index is 422. The number of nitrogens with zero attached hydrogens (tertiary/aromatic N) is 3. The van der Waals surface area contributed by atoms with Crippen molar-refractivity contribution in [2.24, 2.45) is 5.41 Å². The molecule has 1 atom stereocenters. The SMILES string of the molecule is CC1CCCCN1C(=O)CN1CCN(C(=O)CC(C)(C)C)CC1. The lowest BCUT2D eigenvalue weighted by Crippen LogP contribution is -2.53. The van der Waals surface area contributed by atoms with Gasteiger partial charge in [0.05, 0.1) is 6.54 Å². The Morgan fingerprint density at radius 2 is 1.61 bits per heavy atom. The summed E-state index contributed by atoms with van der Waals surface area (Å²) in [7, 11) is 0. The van der Waals surface area contributed by atoms with Crippen LogP contribution in [0.5, 0.6) is 0 Å². The molecule has 2 amide bonds. The van der Waals surface area contributed by atoms with E-state index >= 15 is 0 Å². The molecule has 0 saturated carbocycles. The van der Waals surface area contributed by atoms with E-state index in [1.165, 1.54) is 6.42 Å². The zero-order valence-electron chi connectivity index (χ0n) is 15.3. The number of hydrogen-bond acceptors (Lipinski definition) is 3. The molecule has 2 aliphatic heterocycles. The molecule has 0 aromatic rings. The van der Waals surface area contributed by atoms with Crippen molar-refractivity contribution in [3.05, 3.63) is 0 Å². The summed E-state index contributed by atoms with van der Waals surface area (Å²) in [6.45, 7) is 13.0. The molecule has 2 rings (SSSR count). The van der Waals surface area contributed by atoms with Gasteiger partial charge >= 0.3 is 0 Å². The molecule has 0 aromatic heterocycles. The second-order valence-electron chi connectivity index (χ2n) is 8.33. The smallest absolute Gasteiger partial charge is 0.236 e. The average Bonchev–Trinajstić information content (AvgIpc) is 2.46. The second-order valence-corrected chi connectivity index (χ2v) is 8.33. The fourth-order valence-electron chi connectivity index (χ4n) is 3.47. The van der Waals surface area contributed by atoms with Crippen molar-refractivity contribution in [2.45, 2.75) is 59.4 Å². The number of likely N-dealkylation sites (tertiary alicyclic amines) is 1. The van der Waals surface area contributed by atoms with Crippen LogP contribution < -0.4 is 0 Å². The summed E-state index contributed by atoms with van der Waals surface area (Å²) in [6.07, 6.45) is 4.09. The molecule has 2 aliphatic rings. The minimum absolute atomic E-state index is 0.0363. The molecule has 0 aromatic carbocycles. The van der Waals surface area contributed by atoms with Crippen LogP contribution in [0.3, 0.4) is 0 Å². The van der Waals surface area contributed by atoms with Crippen molar-refractivity contribution < 1.29 is 9.59 Å². The quantitative estimate of drug-likeness (QED) is 0.797. The first-order chi connectivity index (χ1) is 10.8. The van der Waals surface area contributed by atoms with Crippen molar-refractivity contribution in [3.63, 3.8) is 0 Å². The summed E-state index contributed by atoms with van der Waals surface area (Å²) in [6, 6.07) is 0.380. The zero-order chi connectivity index (χ0) is 17.0. The highest BCUT2D eigenvalue weighted by Crippen LogP contribution is 2.21. The van der Waals surface area contributed by atoms with E-state index in [1.807, 2.05) is 9.80 Å². The van der Waals surface area contributed by atoms with E-state index in [2.05, 4.69) is 32.6 Å². The maximum absolute atomic E-state index is 12.5. The summed E-state index contributed by atoms with van der Waals surface area (Å²) < 4.78 is 0. The third-order valence-corrected chi connectivity index (χ3v) is 4.89. The number of piperidine rings is 1. The Morgan fingerprint density at radius 3 is 2.17 bits per heavy atom. The normalized spacial score (nSPS) is 23.9.